The van der Waals surface area contributed by atoms with Crippen LogP contribution in [0.1, 0.15) is 48.7 Å². The molecule has 3 rings (SSSR count). The summed E-state index contributed by atoms with van der Waals surface area (Å²) in [5.74, 6) is 0.0505. The molecule has 0 aliphatic carbocycles. The average Bonchev–Trinajstić information content (AvgIpc) is 2.99. The Labute approximate surface area is 176 Å². The predicted molar refractivity (Wildman–Crippen MR) is 116 cm³/mol. The molecule has 1 atom stereocenters. The lowest BCUT2D eigenvalue weighted by Gasteiger charge is -2.29. The van der Waals surface area contributed by atoms with Crippen LogP contribution in [0.4, 0.5) is 0 Å². The van der Waals surface area contributed by atoms with Crippen LogP contribution < -0.4 is 0 Å². The van der Waals surface area contributed by atoms with Crippen LogP contribution in [-0.2, 0) is 21.8 Å². The molecule has 150 valence electrons. The highest BCUT2D eigenvalue weighted by Crippen LogP contribution is 2.25. The summed E-state index contributed by atoms with van der Waals surface area (Å²) in [5, 5.41) is 0. The lowest BCUT2D eigenvalue weighted by atomic mass is 9.86. The Morgan fingerprint density at radius 2 is 1.68 bits per heavy atom. The van der Waals surface area contributed by atoms with Gasteiger partial charge in [-0.05, 0) is 47.2 Å². The maximum absolute atomic E-state index is 13.2. The van der Waals surface area contributed by atoms with Gasteiger partial charge in [-0.25, -0.2) is 8.42 Å². The van der Waals surface area contributed by atoms with E-state index in [0.717, 1.165) is 10.0 Å². The predicted octanol–water partition coefficient (Wildman–Crippen LogP) is 4.58. The van der Waals surface area contributed by atoms with Gasteiger partial charge in [0.05, 0.1) is 11.5 Å². The van der Waals surface area contributed by atoms with Crippen LogP contribution in [0, 0.1) is 0 Å². The van der Waals surface area contributed by atoms with Gasteiger partial charge in [0.1, 0.15) is 0 Å². The van der Waals surface area contributed by atoms with Gasteiger partial charge in [0.25, 0.3) is 5.91 Å². The minimum atomic E-state index is -3.08. The van der Waals surface area contributed by atoms with Crippen LogP contribution in [0.5, 0.6) is 0 Å². The summed E-state index contributed by atoms with van der Waals surface area (Å²) in [7, 11) is -3.08. The van der Waals surface area contributed by atoms with Gasteiger partial charge in [-0.1, -0.05) is 61.0 Å². The first kappa shape index (κ1) is 21.1. The van der Waals surface area contributed by atoms with E-state index >= 15 is 0 Å². The van der Waals surface area contributed by atoms with Crippen LogP contribution in [0.25, 0.3) is 0 Å². The van der Waals surface area contributed by atoms with Crippen molar-refractivity contribution in [3.63, 3.8) is 0 Å². The lowest BCUT2D eigenvalue weighted by molar-refractivity contribution is 0.0681. The molecule has 0 radical (unpaired) electrons. The first-order valence-corrected chi connectivity index (χ1v) is 12.0. The third-order valence-electron chi connectivity index (χ3n) is 5.17. The summed E-state index contributed by atoms with van der Waals surface area (Å²) in [6.07, 6.45) is 0.491. The number of amides is 1. The summed E-state index contributed by atoms with van der Waals surface area (Å²) < 4.78 is 24.9. The van der Waals surface area contributed by atoms with Gasteiger partial charge in [-0.3, -0.25) is 4.79 Å². The minimum Gasteiger partial charge on any atom is -0.330 e. The van der Waals surface area contributed by atoms with E-state index in [0.29, 0.717) is 18.5 Å². The van der Waals surface area contributed by atoms with E-state index in [2.05, 4.69) is 48.8 Å². The molecule has 2 aromatic rings. The van der Waals surface area contributed by atoms with Gasteiger partial charge in [0, 0.05) is 22.6 Å². The topological polar surface area (TPSA) is 54.5 Å². The van der Waals surface area contributed by atoms with Gasteiger partial charge in [-0.15, -0.1) is 0 Å². The number of hydrogen-bond acceptors (Lipinski definition) is 3. The molecular formula is C22H26BrNO3S. The Bertz CT molecular complexity index is 945. The SMILES string of the molecule is CC(C)(C)c1ccc(CN(C(=O)c2ccc(Br)cc2)[C@H]2CCS(=O)(=O)C2)cc1. The number of hydrogen-bond donors (Lipinski definition) is 0. The largest absolute Gasteiger partial charge is 0.330 e. The van der Waals surface area contributed by atoms with Crippen LogP contribution in [0.2, 0.25) is 0 Å². The summed E-state index contributed by atoms with van der Waals surface area (Å²) in [4.78, 5) is 14.9. The molecule has 6 heteroatoms. The van der Waals surface area contributed by atoms with Gasteiger partial charge >= 0.3 is 0 Å². The van der Waals surface area contributed by atoms with Gasteiger partial charge in [0.15, 0.2) is 9.84 Å². The van der Waals surface area contributed by atoms with E-state index in [-0.39, 0.29) is 28.9 Å². The fraction of sp³-hybridized carbons (Fsp3) is 0.409. The Balaban J connectivity index is 1.88. The van der Waals surface area contributed by atoms with Crippen LogP contribution in [0.3, 0.4) is 0 Å². The second kappa shape index (κ2) is 7.99. The molecule has 1 saturated heterocycles. The zero-order valence-corrected chi connectivity index (χ0v) is 18.9. The van der Waals surface area contributed by atoms with E-state index in [1.165, 1.54) is 5.56 Å². The van der Waals surface area contributed by atoms with Crippen molar-refractivity contribution in [3.05, 3.63) is 69.7 Å². The number of rotatable bonds is 4. The summed E-state index contributed by atoms with van der Waals surface area (Å²) in [6, 6.07) is 15.1. The molecule has 1 aliphatic rings. The second-order valence-electron chi connectivity index (χ2n) is 8.44. The Morgan fingerprint density at radius 1 is 1.07 bits per heavy atom. The molecule has 1 heterocycles. The maximum atomic E-state index is 13.2. The van der Waals surface area contributed by atoms with Crippen LogP contribution >= 0.6 is 15.9 Å². The van der Waals surface area contributed by atoms with Crippen molar-refractivity contribution in [1.29, 1.82) is 0 Å². The zero-order valence-electron chi connectivity index (χ0n) is 16.5. The third kappa shape index (κ3) is 5.03. The molecule has 1 fully saturated rings. The highest BCUT2D eigenvalue weighted by molar-refractivity contribution is 9.10. The number of nitrogens with zero attached hydrogens (tertiary/aromatic N) is 1. The second-order valence-corrected chi connectivity index (χ2v) is 11.6. The van der Waals surface area contributed by atoms with E-state index in [1.807, 2.05) is 24.3 Å². The molecule has 4 nitrogen and oxygen atoms in total. The smallest absolute Gasteiger partial charge is 0.254 e. The number of sulfone groups is 1. The Kier molecular flexibility index (Phi) is 6.01. The van der Waals surface area contributed by atoms with Gasteiger partial charge in [0.2, 0.25) is 0 Å². The van der Waals surface area contributed by atoms with Crippen LogP contribution in [-0.4, -0.2) is 36.8 Å². The summed E-state index contributed by atoms with van der Waals surface area (Å²) in [6.45, 7) is 6.89. The average molecular weight is 464 g/mol. The van der Waals surface area contributed by atoms with Crippen molar-refractivity contribution in [2.45, 2.75) is 45.2 Å². The Hall–Kier alpha value is -1.66. The quantitative estimate of drug-likeness (QED) is 0.666. The Morgan fingerprint density at radius 3 is 2.18 bits per heavy atom. The molecule has 0 unspecified atom stereocenters. The van der Waals surface area contributed by atoms with Crippen molar-refractivity contribution in [3.8, 4) is 0 Å². The van der Waals surface area contributed by atoms with Crippen molar-refractivity contribution in [2.75, 3.05) is 11.5 Å². The molecule has 0 bridgehead atoms. The number of benzene rings is 2. The molecule has 0 spiro atoms. The monoisotopic (exact) mass is 463 g/mol. The number of carbonyl (C=O) groups is 1. The first-order valence-electron chi connectivity index (χ1n) is 9.41. The fourth-order valence-corrected chi connectivity index (χ4v) is 5.45. The molecule has 28 heavy (non-hydrogen) atoms. The van der Waals surface area contributed by atoms with Crippen LogP contribution in [0.15, 0.2) is 53.0 Å². The highest BCUT2D eigenvalue weighted by Gasteiger charge is 2.35. The van der Waals surface area contributed by atoms with Crippen molar-refractivity contribution in [1.82, 2.24) is 4.90 Å². The highest BCUT2D eigenvalue weighted by atomic mass is 79.9. The summed E-state index contributed by atoms with van der Waals surface area (Å²) in [5.41, 5.74) is 2.86. The molecule has 0 N–H and O–H groups in total. The normalized spacial score (nSPS) is 18.8. The van der Waals surface area contributed by atoms with E-state index < -0.39 is 9.84 Å². The van der Waals surface area contributed by atoms with Crippen molar-refractivity contribution in [2.24, 2.45) is 0 Å². The first-order chi connectivity index (χ1) is 13.0. The van der Waals surface area contributed by atoms with E-state index in [4.69, 9.17) is 0 Å². The zero-order chi connectivity index (χ0) is 20.5. The van der Waals surface area contributed by atoms with Gasteiger partial charge in [-0.2, -0.15) is 0 Å². The summed E-state index contributed by atoms with van der Waals surface area (Å²) >= 11 is 3.39. The number of halogens is 1. The van der Waals surface area contributed by atoms with Gasteiger partial charge < -0.3 is 4.90 Å². The molecule has 1 amide bonds. The lowest BCUT2D eigenvalue weighted by Crippen LogP contribution is -2.40. The molecular weight excluding hydrogens is 438 g/mol. The maximum Gasteiger partial charge on any atom is 0.254 e. The third-order valence-corrected chi connectivity index (χ3v) is 7.45. The van der Waals surface area contributed by atoms with Crippen molar-refractivity contribution >= 4 is 31.7 Å². The number of carbonyl (C=O) groups excluding carboxylic acids is 1. The fourth-order valence-electron chi connectivity index (χ4n) is 3.45. The standard InChI is InChI=1S/C22H26BrNO3S/c1-22(2,3)18-8-4-16(5-9-18)14-24(20-12-13-28(26,27)15-20)21(25)17-6-10-19(23)11-7-17/h4-11,20H,12-15H2,1-3H3/t20-/m0/s1. The van der Waals surface area contributed by atoms with Crippen molar-refractivity contribution < 1.29 is 13.2 Å². The molecule has 1 aliphatic heterocycles. The molecule has 0 aromatic heterocycles. The minimum absolute atomic E-state index is 0.0370. The molecule has 0 saturated carbocycles. The van der Waals surface area contributed by atoms with E-state index in [1.54, 1.807) is 17.0 Å². The van der Waals surface area contributed by atoms with E-state index in [9.17, 15) is 13.2 Å². The molecule has 2 aromatic carbocycles.